The Balaban J connectivity index is 0.00000187. The lowest BCUT2D eigenvalue weighted by Crippen LogP contribution is -2.17. The first-order chi connectivity index (χ1) is 15.9. The molecule has 0 saturated heterocycles. The topological polar surface area (TPSA) is 93.2 Å². The van der Waals surface area contributed by atoms with E-state index >= 15 is 0 Å². The van der Waals surface area contributed by atoms with Crippen LogP contribution in [0.25, 0.3) is 0 Å². The fraction of sp³-hybridized carbons (Fsp3) is 0.280. The van der Waals surface area contributed by atoms with Crippen LogP contribution < -0.4 is 15.4 Å². The van der Waals surface area contributed by atoms with Crippen molar-refractivity contribution in [1.29, 1.82) is 0 Å². The van der Waals surface area contributed by atoms with Crippen LogP contribution in [0.15, 0.2) is 54.6 Å². The Labute approximate surface area is 200 Å². The molecule has 3 rings (SSSR count). The number of amides is 2. The van der Waals surface area contributed by atoms with Crippen molar-refractivity contribution in [3.05, 3.63) is 76.9 Å². The number of benzene rings is 2. The van der Waals surface area contributed by atoms with E-state index in [4.69, 9.17) is 4.74 Å². The fourth-order valence-electron chi connectivity index (χ4n) is 2.87. The van der Waals surface area contributed by atoms with Crippen LogP contribution in [-0.4, -0.2) is 34.6 Å². The number of hydrogen-bond acceptors (Lipinski definition) is 6. The SMILES string of the molecule is CCCCOc1cc(NC(=O)c2cccc(C)c2)nc(NC(=O)c2cccc(C)c2)n1.CS. The van der Waals surface area contributed by atoms with Gasteiger partial charge in [0.15, 0.2) is 0 Å². The second-order valence-electron chi connectivity index (χ2n) is 7.26. The average molecular weight is 467 g/mol. The molecule has 0 atom stereocenters. The summed E-state index contributed by atoms with van der Waals surface area (Å²) in [6.45, 7) is 6.36. The molecule has 0 fully saturated rings. The minimum absolute atomic E-state index is 0.0556. The molecule has 1 aromatic heterocycles. The van der Waals surface area contributed by atoms with Gasteiger partial charge in [-0.05, 0) is 50.8 Å². The molecule has 0 unspecified atom stereocenters. The van der Waals surface area contributed by atoms with Gasteiger partial charge in [-0.2, -0.15) is 22.6 Å². The lowest BCUT2D eigenvalue weighted by atomic mass is 10.1. The quantitative estimate of drug-likeness (QED) is 0.308. The lowest BCUT2D eigenvalue weighted by Gasteiger charge is -2.11. The molecule has 0 spiro atoms. The summed E-state index contributed by atoms with van der Waals surface area (Å²) >= 11 is 3.53. The van der Waals surface area contributed by atoms with E-state index in [0.29, 0.717) is 17.7 Å². The summed E-state index contributed by atoms with van der Waals surface area (Å²) in [5, 5.41) is 5.44. The normalized spacial score (nSPS) is 9.97. The Hall–Kier alpha value is -3.39. The Kier molecular flexibility index (Phi) is 10.4. The zero-order valence-corrected chi connectivity index (χ0v) is 20.3. The van der Waals surface area contributed by atoms with Gasteiger partial charge in [0.2, 0.25) is 11.8 Å². The van der Waals surface area contributed by atoms with Crippen molar-refractivity contribution >= 4 is 36.2 Å². The number of rotatable bonds is 8. The number of nitrogens with zero attached hydrogens (tertiary/aromatic N) is 2. The Morgan fingerprint density at radius 2 is 1.45 bits per heavy atom. The number of hydrogen-bond donors (Lipinski definition) is 3. The molecule has 33 heavy (non-hydrogen) atoms. The predicted octanol–water partition coefficient (Wildman–Crippen LogP) is 5.32. The average Bonchev–Trinajstić information content (AvgIpc) is 2.80. The third-order valence-corrected chi connectivity index (χ3v) is 4.48. The largest absolute Gasteiger partial charge is 0.477 e. The van der Waals surface area contributed by atoms with Gasteiger partial charge in [-0.1, -0.05) is 48.7 Å². The van der Waals surface area contributed by atoms with Crippen molar-refractivity contribution in [1.82, 2.24) is 9.97 Å². The highest BCUT2D eigenvalue weighted by Gasteiger charge is 2.14. The zero-order valence-electron chi connectivity index (χ0n) is 19.4. The number of unbranched alkanes of at least 4 members (excludes halogenated alkanes) is 1. The number of carbonyl (C=O) groups is 2. The van der Waals surface area contributed by atoms with E-state index in [1.165, 1.54) is 0 Å². The van der Waals surface area contributed by atoms with Crippen molar-refractivity contribution in [2.75, 3.05) is 23.5 Å². The summed E-state index contributed by atoms with van der Waals surface area (Å²) in [5.41, 5.74) is 2.95. The molecule has 0 aliphatic carbocycles. The van der Waals surface area contributed by atoms with E-state index in [-0.39, 0.29) is 29.5 Å². The van der Waals surface area contributed by atoms with E-state index < -0.39 is 0 Å². The van der Waals surface area contributed by atoms with Crippen molar-refractivity contribution < 1.29 is 14.3 Å². The molecule has 7 nitrogen and oxygen atoms in total. The maximum Gasteiger partial charge on any atom is 0.258 e. The smallest absolute Gasteiger partial charge is 0.258 e. The fourth-order valence-corrected chi connectivity index (χ4v) is 2.87. The zero-order chi connectivity index (χ0) is 24.2. The molecule has 0 saturated carbocycles. The van der Waals surface area contributed by atoms with E-state index in [0.717, 1.165) is 24.0 Å². The molecule has 0 aliphatic heterocycles. The Morgan fingerprint density at radius 3 is 2.00 bits per heavy atom. The third kappa shape index (κ3) is 8.23. The number of anilines is 2. The summed E-state index contributed by atoms with van der Waals surface area (Å²) in [6.07, 6.45) is 3.53. The minimum atomic E-state index is -0.342. The first kappa shape index (κ1) is 25.9. The summed E-state index contributed by atoms with van der Waals surface area (Å²) in [7, 11) is 0. The molecule has 2 aromatic carbocycles. The standard InChI is InChI=1S/C24H26N4O3.CH4S/c1-4-5-12-31-21-15-20(25-22(29)18-10-6-8-16(2)13-18)26-24(27-21)28-23(30)19-11-7-9-17(3)14-19;1-2/h6-11,13-15H,4-5,12H2,1-3H3,(H2,25,26,27,28,29,30);2H,1H3. The van der Waals surface area contributed by atoms with Crippen molar-refractivity contribution in [3.63, 3.8) is 0 Å². The van der Waals surface area contributed by atoms with Crippen LogP contribution in [0, 0.1) is 13.8 Å². The van der Waals surface area contributed by atoms with Crippen molar-refractivity contribution in [2.45, 2.75) is 33.6 Å². The van der Waals surface area contributed by atoms with Gasteiger partial charge in [-0.3, -0.25) is 14.9 Å². The summed E-state index contributed by atoms with van der Waals surface area (Å²) < 4.78 is 5.69. The van der Waals surface area contributed by atoms with Crippen LogP contribution in [-0.2, 0) is 0 Å². The van der Waals surface area contributed by atoms with Gasteiger partial charge in [0, 0.05) is 17.2 Å². The molecule has 174 valence electrons. The van der Waals surface area contributed by atoms with Gasteiger partial charge < -0.3 is 10.1 Å². The molecular formula is C25H30N4O3S. The van der Waals surface area contributed by atoms with Crippen molar-refractivity contribution in [3.8, 4) is 5.88 Å². The number of carbonyl (C=O) groups excluding carboxylic acids is 2. The molecule has 0 radical (unpaired) electrons. The van der Waals surface area contributed by atoms with Crippen LogP contribution in [0.5, 0.6) is 5.88 Å². The van der Waals surface area contributed by atoms with E-state index in [2.05, 4.69) is 40.2 Å². The second kappa shape index (κ2) is 13.2. The third-order valence-electron chi connectivity index (χ3n) is 4.48. The first-order valence-electron chi connectivity index (χ1n) is 10.7. The van der Waals surface area contributed by atoms with Crippen LogP contribution in [0.1, 0.15) is 51.6 Å². The first-order valence-corrected chi connectivity index (χ1v) is 11.6. The number of aryl methyl sites for hydroxylation is 2. The molecule has 0 aliphatic rings. The van der Waals surface area contributed by atoms with Gasteiger partial charge in [-0.25, -0.2) is 0 Å². The van der Waals surface area contributed by atoms with Crippen LogP contribution in [0.4, 0.5) is 11.8 Å². The molecular weight excluding hydrogens is 436 g/mol. The Morgan fingerprint density at radius 1 is 0.879 bits per heavy atom. The highest BCUT2D eigenvalue weighted by Crippen LogP contribution is 2.19. The molecule has 1 heterocycles. The second-order valence-corrected chi connectivity index (χ2v) is 7.26. The minimum Gasteiger partial charge on any atom is -0.477 e. The van der Waals surface area contributed by atoms with Crippen molar-refractivity contribution in [2.24, 2.45) is 0 Å². The highest BCUT2D eigenvalue weighted by atomic mass is 32.1. The summed E-state index contributed by atoms with van der Waals surface area (Å²) in [6, 6.07) is 16.0. The molecule has 3 aromatic rings. The van der Waals surface area contributed by atoms with Gasteiger partial charge in [-0.15, -0.1) is 0 Å². The van der Waals surface area contributed by atoms with Crippen LogP contribution >= 0.6 is 12.6 Å². The number of ether oxygens (including phenoxy) is 1. The summed E-state index contributed by atoms with van der Waals surface area (Å²) in [5.74, 6) is -0.0710. The molecule has 2 amide bonds. The van der Waals surface area contributed by atoms with Gasteiger partial charge >= 0.3 is 0 Å². The van der Waals surface area contributed by atoms with E-state index in [1.807, 2.05) is 38.1 Å². The van der Waals surface area contributed by atoms with Gasteiger partial charge in [0.1, 0.15) is 5.82 Å². The monoisotopic (exact) mass is 466 g/mol. The lowest BCUT2D eigenvalue weighted by molar-refractivity contribution is 0.101. The number of aromatic nitrogens is 2. The maximum atomic E-state index is 12.6. The molecule has 8 heteroatoms. The highest BCUT2D eigenvalue weighted by molar-refractivity contribution is 7.79. The summed E-state index contributed by atoms with van der Waals surface area (Å²) in [4.78, 5) is 33.8. The molecule has 0 bridgehead atoms. The predicted molar refractivity (Wildman–Crippen MR) is 136 cm³/mol. The van der Waals surface area contributed by atoms with Crippen LogP contribution in [0.3, 0.4) is 0 Å². The molecule has 2 N–H and O–H groups in total. The van der Waals surface area contributed by atoms with Gasteiger partial charge in [0.25, 0.3) is 11.8 Å². The van der Waals surface area contributed by atoms with Crippen LogP contribution in [0.2, 0.25) is 0 Å². The maximum absolute atomic E-state index is 12.6. The van der Waals surface area contributed by atoms with E-state index in [9.17, 15) is 9.59 Å². The van der Waals surface area contributed by atoms with E-state index in [1.54, 1.807) is 36.6 Å². The number of thiol groups is 1. The number of nitrogens with one attached hydrogen (secondary N) is 2. The Bertz CT molecular complexity index is 1010. The van der Waals surface area contributed by atoms with Gasteiger partial charge in [0.05, 0.1) is 6.61 Å².